The zero-order valence-electron chi connectivity index (χ0n) is 11.4. The molecule has 0 spiro atoms. The summed E-state index contributed by atoms with van der Waals surface area (Å²) in [6, 6.07) is 13.6. The third-order valence-corrected chi connectivity index (χ3v) is 4.19. The van der Waals surface area contributed by atoms with Crippen LogP contribution in [-0.4, -0.2) is 16.1 Å². The van der Waals surface area contributed by atoms with Crippen LogP contribution >= 0.6 is 23.2 Å². The van der Waals surface area contributed by atoms with Gasteiger partial charge in [-0.1, -0.05) is 41.4 Å². The van der Waals surface area contributed by atoms with Gasteiger partial charge in [-0.2, -0.15) is 0 Å². The fourth-order valence-corrected chi connectivity index (χ4v) is 2.98. The molecule has 0 bridgehead atoms. The minimum absolute atomic E-state index is 0.555. The Bertz CT molecular complexity index is 760. The molecule has 1 aromatic heterocycles. The number of hydrogen-bond donors (Lipinski definition) is 1. The van der Waals surface area contributed by atoms with Gasteiger partial charge in [-0.3, -0.25) is 0 Å². The highest BCUT2D eigenvalue weighted by atomic mass is 35.5. The van der Waals surface area contributed by atoms with E-state index in [2.05, 4.69) is 9.55 Å². The predicted molar refractivity (Wildman–Crippen MR) is 88.1 cm³/mol. The maximum absolute atomic E-state index is 6.28. The van der Waals surface area contributed by atoms with Gasteiger partial charge in [0, 0.05) is 22.0 Å². The van der Waals surface area contributed by atoms with E-state index in [1.54, 1.807) is 0 Å². The van der Waals surface area contributed by atoms with E-state index in [1.807, 2.05) is 42.5 Å². The van der Waals surface area contributed by atoms with E-state index in [0.717, 1.165) is 28.8 Å². The molecule has 5 heteroatoms. The van der Waals surface area contributed by atoms with E-state index in [-0.39, 0.29) is 0 Å². The summed E-state index contributed by atoms with van der Waals surface area (Å²) in [5.74, 6) is 0.953. The summed E-state index contributed by atoms with van der Waals surface area (Å²) in [7, 11) is 0. The van der Waals surface area contributed by atoms with E-state index in [9.17, 15) is 0 Å². The molecule has 0 aliphatic heterocycles. The summed E-state index contributed by atoms with van der Waals surface area (Å²) in [6.07, 6.45) is 0.719. The quantitative estimate of drug-likeness (QED) is 0.792. The van der Waals surface area contributed by atoms with Crippen molar-refractivity contribution in [1.82, 2.24) is 9.55 Å². The number of aromatic nitrogens is 2. The van der Waals surface area contributed by atoms with Crippen LogP contribution in [0.1, 0.15) is 11.4 Å². The Hall–Kier alpha value is -1.55. The number of halogens is 2. The minimum Gasteiger partial charge on any atom is -0.330 e. The Morgan fingerprint density at radius 3 is 2.43 bits per heavy atom. The SMILES string of the molecule is NCCc1nc2ccccc2n1Cc1c(Cl)cccc1Cl. The average Bonchev–Trinajstić information content (AvgIpc) is 2.81. The van der Waals surface area contributed by atoms with Gasteiger partial charge in [-0.05, 0) is 30.8 Å². The van der Waals surface area contributed by atoms with Gasteiger partial charge in [0.15, 0.2) is 0 Å². The van der Waals surface area contributed by atoms with E-state index in [1.165, 1.54) is 0 Å². The molecule has 3 nitrogen and oxygen atoms in total. The van der Waals surface area contributed by atoms with Gasteiger partial charge in [0.2, 0.25) is 0 Å². The van der Waals surface area contributed by atoms with Crippen molar-refractivity contribution in [3.8, 4) is 0 Å². The van der Waals surface area contributed by atoms with Crippen molar-refractivity contribution in [2.75, 3.05) is 6.54 Å². The van der Waals surface area contributed by atoms with E-state index >= 15 is 0 Å². The summed E-state index contributed by atoms with van der Waals surface area (Å²) >= 11 is 12.6. The third-order valence-electron chi connectivity index (χ3n) is 3.48. The molecule has 2 aromatic carbocycles. The van der Waals surface area contributed by atoms with E-state index in [0.29, 0.717) is 23.1 Å². The molecule has 0 amide bonds. The second-order valence-electron chi connectivity index (χ2n) is 4.84. The zero-order chi connectivity index (χ0) is 14.8. The zero-order valence-corrected chi connectivity index (χ0v) is 12.9. The number of imidazole rings is 1. The summed E-state index contributed by atoms with van der Waals surface area (Å²) < 4.78 is 2.13. The molecule has 3 aromatic rings. The monoisotopic (exact) mass is 319 g/mol. The number of para-hydroxylation sites is 2. The summed E-state index contributed by atoms with van der Waals surface area (Å²) in [4.78, 5) is 4.65. The molecule has 21 heavy (non-hydrogen) atoms. The van der Waals surface area contributed by atoms with Crippen LogP contribution in [0.15, 0.2) is 42.5 Å². The second kappa shape index (κ2) is 6.06. The Kier molecular flexibility index (Phi) is 4.15. The highest BCUT2D eigenvalue weighted by molar-refractivity contribution is 6.36. The highest BCUT2D eigenvalue weighted by Gasteiger charge is 2.13. The summed E-state index contributed by atoms with van der Waals surface area (Å²) in [5, 5.41) is 1.33. The lowest BCUT2D eigenvalue weighted by Gasteiger charge is -2.12. The molecule has 0 radical (unpaired) electrons. The van der Waals surface area contributed by atoms with Crippen LogP contribution in [-0.2, 0) is 13.0 Å². The van der Waals surface area contributed by atoms with Gasteiger partial charge in [0.1, 0.15) is 5.82 Å². The second-order valence-corrected chi connectivity index (χ2v) is 5.66. The number of fused-ring (bicyclic) bond motifs is 1. The minimum atomic E-state index is 0.555. The largest absolute Gasteiger partial charge is 0.330 e. The maximum atomic E-state index is 6.28. The number of hydrogen-bond acceptors (Lipinski definition) is 2. The molecular formula is C16H15Cl2N3. The first-order chi connectivity index (χ1) is 10.2. The lowest BCUT2D eigenvalue weighted by atomic mass is 10.2. The van der Waals surface area contributed by atoms with Crippen molar-refractivity contribution in [2.24, 2.45) is 5.73 Å². The molecule has 108 valence electrons. The Labute approximate surface area is 133 Å². The maximum Gasteiger partial charge on any atom is 0.111 e. The van der Waals surface area contributed by atoms with Crippen molar-refractivity contribution in [1.29, 1.82) is 0 Å². The molecule has 1 heterocycles. The average molecular weight is 320 g/mol. The first kappa shape index (κ1) is 14.4. The van der Waals surface area contributed by atoms with Gasteiger partial charge in [-0.25, -0.2) is 4.98 Å². The Morgan fingerprint density at radius 2 is 1.71 bits per heavy atom. The first-order valence-corrected chi connectivity index (χ1v) is 7.53. The van der Waals surface area contributed by atoms with Crippen LogP contribution in [0.5, 0.6) is 0 Å². The van der Waals surface area contributed by atoms with Gasteiger partial charge in [-0.15, -0.1) is 0 Å². The third kappa shape index (κ3) is 2.77. The normalized spacial score (nSPS) is 11.2. The van der Waals surface area contributed by atoms with E-state index < -0.39 is 0 Å². The molecule has 0 saturated carbocycles. The molecule has 0 aliphatic rings. The molecule has 0 saturated heterocycles. The standard InChI is InChI=1S/C16H15Cl2N3/c17-12-4-3-5-13(18)11(12)10-21-15-7-2-1-6-14(15)20-16(21)8-9-19/h1-7H,8-10,19H2. The number of rotatable bonds is 4. The number of benzene rings is 2. The van der Waals surface area contributed by atoms with Gasteiger partial charge < -0.3 is 10.3 Å². The first-order valence-electron chi connectivity index (χ1n) is 6.78. The molecule has 0 fully saturated rings. The lowest BCUT2D eigenvalue weighted by molar-refractivity contribution is 0.735. The van der Waals surface area contributed by atoms with E-state index in [4.69, 9.17) is 28.9 Å². The predicted octanol–water partition coefficient (Wildman–Crippen LogP) is 3.89. The smallest absolute Gasteiger partial charge is 0.111 e. The van der Waals surface area contributed by atoms with Crippen LogP contribution in [0.3, 0.4) is 0 Å². The molecule has 2 N–H and O–H groups in total. The Morgan fingerprint density at radius 1 is 1.00 bits per heavy atom. The molecule has 0 unspecified atom stereocenters. The van der Waals surface area contributed by atoms with Crippen molar-refractivity contribution in [2.45, 2.75) is 13.0 Å². The fraction of sp³-hybridized carbons (Fsp3) is 0.188. The van der Waals surface area contributed by atoms with Crippen molar-refractivity contribution >= 4 is 34.2 Å². The van der Waals surface area contributed by atoms with Crippen LogP contribution in [0, 0.1) is 0 Å². The van der Waals surface area contributed by atoms with Crippen molar-refractivity contribution in [3.05, 3.63) is 63.9 Å². The topological polar surface area (TPSA) is 43.8 Å². The lowest BCUT2D eigenvalue weighted by Crippen LogP contribution is -2.11. The van der Waals surface area contributed by atoms with Gasteiger partial charge >= 0.3 is 0 Å². The molecule has 0 aliphatic carbocycles. The van der Waals surface area contributed by atoms with Gasteiger partial charge in [0.05, 0.1) is 17.6 Å². The summed E-state index contributed by atoms with van der Waals surface area (Å²) in [5.41, 5.74) is 8.63. The fourth-order valence-electron chi connectivity index (χ4n) is 2.46. The van der Waals surface area contributed by atoms with Crippen LogP contribution in [0.2, 0.25) is 10.0 Å². The van der Waals surface area contributed by atoms with Crippen LogP contribution < -0.4 is 5.73 Å². The van der Waals surface area contributed by atoms with Crippen molar-refractivity contribution < 1.29 is 0 Å². The van der Waals surface area contributed by atoms with Crippen LogP contribution in [0.25, 0.3) is 11.0 Å². The highest BCUT2D eigenvalue weighted by Crippen LogP contribution is 2.27. The van der Waals surface area contributed by atoms with Gasteiger partial charge in [0.25, 0.3) is 0 Å². The van der Waals surface area contributed by atoms with Crippen molar-refractivity contribution in [3.63, 3.8) is 0 Å². The Balaban J connectivity index is 2.12. The summed E-state index contributed by atoms with van der Waals surface area (Å²) in [6.45, 7) is 1.15. The molecule has 0 atom stereocenters. The number of nitrogens with zero attached hydrogens (tertiary/aromatic N) is 2. The number of nitrogens with two attached hydrogens (primary N) is 1. The van der Waals surface area contributed by atoms with Crippen LogP contribution in [0.4, 0.5) is 0 Å². The molecular weight excluding hydrogens is 305 g/mol. The molecule has 3 rings (SSSR count).